The van der Waals surface area contributed by atoms with Gasteiger partial charge in [0.05, 0.1) is 6.10 Å². The van der Waals surface area contributed by atoms with Crippen LogP contribution in [0.3, 0.4) is 0 Å². The maximum atomic E-state index is 10.6. The van der Waals surface area contributed by atoms with Crippen LogP contribution in [0.4, 0.5) is 0 Å². The Morgan fingerprint density at radius 2 is 2.60 bits per heavy atom. The first-order chi connectivity index (χ1) is 4.76. The van der Waals surface area contributed by atoms with Gasteiger partial charge in [-0.15, -0.1) is 0 Å². The topological polar surface area (TPSA) is 49.8 Å². The first-order valence-corrected chi connectivity index (χ1v) is 3.48. The molecule has 2 atom stereocenters. The molecule has 1 heterocycles. The molecule has 55 valence electrons. The summed E-state index contributed by atoms with van der Waals surface area (Å²) in [6.45, 7) is 0. The average Bonchev–Trinajstić information content (AvgIpc) is 2.61. The maximum absolute atomic E-state index is 10.6. The summed E-state index contributed by atoms with van der Waals surface area (Å²) in [7, 11) is 0. The zero-order valence-electron chi connectivity index (χ0n) is 5.54. The van der Waals surface area contributed by atoms with E-state index in [1.807, 2.05) is 6.42 Å². The van der Waals surface area contributed by atoms with Crippen LogP contribution < -0.4 is 0 Å². The fourth-order valence-electron chi connectivity index (χ4n) is 1.55. The third kappa shape index (κ3) is 0.611. The minimum Gasteiger partial charge on any atom is -0.479 e. The van der Waals surface area contributed by atoms with E-state index in [-0.39, 0.29) is 6.10 Å². The van der Waals surface area contributed by atoms with E-state index in [4.69, 9.17) is 9.84 Å². The van der Waals surface area contributed by atoms with E-state index in [0.29, 0.717) is 6.42 Å². The summed E-state index contributed by atoms with van der Waals surface area (Å²) in [6, 6.07) is 0. The number of aliphatic carboxylic acids is 1. The highest BCUT2D eigenvalue weighted by Crippen LogP contribution is 2.47. The van der Waals surface area contributed by atoms with E-state index in [0.717, 1.165) is 12.8 Å². The van der Waals surface area contributed by atoms with E-state index in [1.54, 1.807) is 0 Å². The molecule has 0 aromatic rings. The lowest BCUT2D eigenvalue weighted by molar-refractivity contribution is -0.143. The van der Waals surface area contributed by atoms with Crippen LogP contribution in [0.25, 0.3) is 0 Å². The summed E-state index contributed by atoms with van der Waals surface area (Å²) in [5, 5.41) is 8.69. The molecule has 3 heteroatoms. The number of epoxide rings is 1. The lowest BCUT2D eigenvalue weighted by Gasteiger charge is -2.10. The Balaban J connectivity index is 2.12. The number of hydrogen-bond acceptors (Lipinski definition) is 2. The van der Waals surface area contributed by atoms with Crippen molar-refractivity contribution in [3.8, 4) is 0 Å². The monoisotopic (exact) mass is 141 g/mol. The van der Waals surface area contributed by atoms with Crippen LogP contribution in [-0.2, 0) is 9.53 Å². The lowest BCUT2D eigenvalue weighted by Crippen LogP contribution is -2.29. The zero-order valence-corrected chi connectivity index (χ0v) is 5.54. The summed E-state index contributed by atoms with van der Waals surface area (Å²) in [5.41, 5.74) is -0.793. The number of ether oxygens (including phenoxy) is 1. The molecule has 2 rings (SSSR count). The van der Waals surface area contributed by atoms with Crippen molar-refractivity contribution in [1.29, 1.82) is 0 Å². The average molecular weight is 141 g/mol. The number of rotatable bonds is 1. The van der Waals surface area contributed by atoms with Gasteiger partial charge in [-0.3, -0.25) is 0 Å². The van der Waals surface area contributed by atoms with Crippen LogP contribution in [0.15, 0.2) is 0 Å². The van der Waals surface area contributed by atoms with Gasteiger partial charge in [-0.25, -0.2) is 4.79 Å². The Labute approximate surface area is 59.0 Å². The number of carboxylic acid groups (broad SMARTS) is 1. The molecule has 1 aliphatic carbocycles. The first-order valence-electron chi connectivity index (χ1n) is 3.48. The second-order valence-corrected chi connectivity index (χ2v) is 2.87. The van der Waals surface area contributed by atoms with Crippen LogP contribution in [0.1, 0.15) is 19.3 Å². The number of hydrogen-bond donors (Lipinski definition) is 1. The van der Waals surface area contributed by atoms with Gasteiger partial charge in [-0.05, 0) is 25.7 Å². The van der Waals surface area contributed by atoms with Gasteiger partial charge < -0.3 is 9.84 Å². The number of carboxylic acids is 1. The van der Waals surface area contributed by atoms with Crippen molar-refractivity contribution >= 4 is 5.97 Å². The number of carbonyl (C=O) groups is 1. The van der Waals surface area contributed by atoms with Crippen molar-refractivity contribution in [2.45, 2.75) is 31.0 Å². The van der Waals surface area contributed by atoms with Crippen LogP contribution in [0.2, 0.25) is 0 Å². The highest BCUT2D eigenvalue weighted by atomic mass is 16.6. The number of fused-ring (bicyclic) bond motifs is 1. The molecule has 0 spiro atoms. The molecule has 1 saturated heterocycles. The molecule has 0 aromatic carbocycles. The summed E-state index contributed by atoms with van der Waals surface area (Å²) in [6.07, 6.45) is 4.48. The second kappa shape index (κ2) is 1.72. The lowest BCUT2D eigenvalue weighted by atomic mass is 9.89. The standard InChI is InChI=1S/C7H9O3/c8-6(9)7-4-2-1-3-5(7)10-7/h2,5H,1,3-4H2,(H,8,9). The molecule has 2 aliphatic rings. The van der Waals surface area contributed by atoms with Crippen LogP contribution in [0, 0.1) is 6.42 Å². The molecule has 0 amide bonds. The van der Waals surface area contributed by atoms with Gasteiger partial charge in [0.1, 0.15) is 0 Å². The molecule has 2 unspecified atom stereocenters. The largest absolute Gasteiger partial charge is 0.479 e. The van der Waals surface area contributed by atoms with Crippen molar-refractivity contribution in [3.63, 3.8) is 0 Å². The van der Waals surface area contributed by atoms with Gasteiger partial charge >= 0.3 is 5.97 Å². The van der Waals surface area contributed by atoms with Gasteiger partial charge in [0.15, 0.2) is 5.60 Å². The van der Waals surface area contributed by atoms with E-state index in [1.165, 1.54) is 0 Å². The summed E-state index contributed by atoms with van der Waals surface area (Å²) in [5.74, 6) is -0.798. The fourth-order valence-corrected chi connectivity index (χ4v) is 1.55. The van der Waals surface area contributed by atoms with Crippen molar-refractivity contribution in [2.24, 2.45) is 0 Å². The minimum absolute atomic E-state index is 0.00926. The Morgan fingerprint density at radius 3 is 3.10 bits per heavy atom. The molecule has 1 radical (unpaired) electrons. The molecular formula is C7H9O3. The quantitative estimate of drug-likeness (QED) is 0.544. The normalized spacial score (nSPS) is 44.2. The predicted molar refractivity (Wildman–Crippen MR) is 33.4 cm³/mol. The Hall–Kier alpha value is -0.570. The van der Waals surface area contributed by atoms with E-state index in [9.17, 15) is 4.79 Å². The van der Waals surface area contributed by atoms with Gasteiger partial charge in [0, 0.05) is 0 Å². The molecule has 3 nitrogen and oxygen atoms in total. The molecular weight excluding hydrogens is 132 g/mol. The van der Waals surface area contributed by atoms with Crippen LogP contribution in [-0.4, -0.2) is 22.8 Å². The van der Waals surface area contributed by atoms with Crippen molar-refractivity contribution in [1.82, 2.24) is 0 Å². The van der Waals surface area contributed by atoms with Crippen molar-refractivity contribution < 1.29 is 14.6 Å². The van der Waals surface area contributed by atoms with Gasteiger partial charge in [-0.2, -0.15) is 0 Å². The molecule has 2 fully saturated rings. The third-order valence-corrected chi connectivity index (χ3v) is 2.26. The van der Waals surface area contributed by atoms with E-state index in [2.05, 4.69) is 0 Å². The smallest absolute Gasteiger partial charge is 0.338 e. The highest BCUT2D eigenvalue weighted by molar-refractivity contribution is 5.81. The SMILES string of the molecule is O=C(O)C12C[CH]CCC1O2. The summed E-state index contributed by atoms with van der Waals surface area (Å²) in [4.78, 5) is 10.6. The zero-order chi connectivity index (χ0) is 7.19. The van der Waals surface area contributed by atoms with E-state index < -0.39 is 11.6 Å². The first kappa shape index (κ1) is 6.16. The summed E-state index contributed by atoms with van der Waals surface area (Å²) < 4.78 is 5.10. The predicted octanol–water partition coefficient (Wildman–Crippen LogP) is 0.597. The second-order valence-electron chi connectivity index (χ2n) is 2.87. The Kier molecular flexibility index (Phi) is 1.06. The maximum Gasteiger partial charge on any atom is 0.338 e. The highest BCUT2D eigenvalue weighted by Gasteiger charge is 2.63. The Morgan fingerprint density at radius 1 is 1.80 bits per heavy atom. The van der Waals surface area contributed by atoms with Crippen LogP contribution in [0.5, 0.6) is 0 Å². The van der Waals surface area contributed by atoms with Crippen molar-refractivity contribution in [3.05, 3.63) is 6.42 Å². The molecule has 1 N–H and O–H groups in total. The molecule has 10 heavy (non-hydrogen) atoms. The minimum atomic E-state index is -0.798. The molecule has 1 aliphatic heterocycles. The molecule has 0 aromatic heterocycles. The van der Waals surface area contributed by atoms with Crippen molar-refractivity contribution in [2.75, 3.05) is 0 Å². The fraction of sp³-hybridized carbons (Fsp3) is 0.714. The summed E-state index contributed by atoms with van der Waals surface area (Å²) >= 11 is 0. The molecule has 0 bridgehead atoms. The molecule has 1 saturated carbocycles. The van der Waals surface area contributed by atoms with Gasteiger partial charge in [-0.1, -0.05) is 0 Å². The van der Waals surface area contributed by atoms with Gasteiger partial charge in [0.25, 0.3) is 0 Å². The third-order valence-electron chi connectivity index (χ3n) is 2.26. The van der Waals surface area contributed by atoms with Crippen LogP contribution >= 0.6 is 0 Å². The Bertz CT molecular complexity index is 178. The van der Waals surface area contributed by atoms with Gasteiger partial charge in [0.2, 0.25) is 0 Å². The van der Waals surface area contributed by atoms with E-state index >= 15 is 0 Å².